The molecule has 0 aromatic carbocycles. The number of hydrogen-bond acceptors (Lipinski definition) is 3. The second kappa shape index (κ2) is 30.5. The summed E-state index contributed by atoms with van der Waals surface area (Å²) in [6.07, 6.45) is 34.0. The highest BCUT2D eigenvalue weighted by Crippen LogP contribution is 2.19. The fraction of sp³-hybridized carbons (Fsp3) is 0.941. The first kappa shape index (κ1) is 36.9. The predicted octanol–water partition coefficient (Wildman–Crippen LogP) is 11.3. The van der Waals surface area contributed by atoms with Crippen LogP contribution in [0.4, 0.5) is 0 Å². The first-order valence-electron chi connectivity index (χ1n) is 17.0. The van der Waals surface area contributed by atoms with Gasteiger partial charge in [0, 0.05) is 12.8 Å². The lowest BCUT2D eigenvalue weighted by atomic mass is 10.0. The highest BCUT2D eigenvalue weighted by atomic mass is 16.5. The molecule has 0 rings (SSSR count). The van der Waals surface area contributed by atoms with Gasteiger partial charge in [-0.25, -0.2) is 0 Å². The third-order valence-corrected chi connectivity index (χ3v) is 7.83. The van der Waals surface area contributed by atoms with E-state index >= 15 is 0 Å². The first-order valence-corrected chi connectivity index (χ1v) is 17.0. The summed E-state index contributed by atoms with van der Waals surface area (Å²) >= 11 is 0. The molecule has 0 bridgehead atoms. The molecule has 226 valence electrons. The summed E-state index contributed by atoms with van der Waals surface area (Å²) in [5.41, 5.74) is 0. The van der Waals surface area contributed by atoms with E-state index < -0.39 is 5.97 Å². The summed E-state index contributed by atoms with van der Waals surface area (Å²) in [5.74, 6) is -0.664. The predicted molar refractivity (Wildman–Crippen MR) is 163 cm³/mol. The lowest BCUT2D eigenvalue weighted by Gasteiger charge is -2.18. The maximum atomic E-state index is 12.5. The minimum absolute atomic E-state index is 0.0206. The van der Waals surface area contributed by atoms with Gasteiger partial charge in [-0.15, -0.1) is 0 Å². The van der Waals surface area contributed by atoms with Crippen molar-refractivity contribution >= 4 is 11.9 Å². The summed E-state index contributed by atoms with van der Waals surface area (Å²) in [4.78, 5) is 23.1. The summed E-state index contributed by atoms with van der Waals surface area (Å²) in [6.45, 7) is 4.53. The Balaban J connectivity index is 4.00. The summed E-state index contributed by atoms with van der Waals surface area (Å²) in [6, 6.07) is 0. The second-order valence-corrected chi connectivity index (χ2v) is 11.7. The minimum Gasteiger partial charge on any atom is -0.481 e. The molecule has 0 aliphatic rings. The Bertz CT molecular complexity index is 505. The molecule has 1 N–H and O–H groups in total. The Kier molecular flexibility index (Phi) is 29.6. The number of aliphatic carboxylic acids is 1. The van der Waals surface area contributed by atoms with E-state index in [-0.39, 0.29) is 12.1 Å². The van der Waals surface area contributed by atoms with E-state index in [1.54, 1.807) is 0 Å². The van der Waals surface area contributed by atoms with Crippen LogP contribution in [-0.4, -0.2) is 23.1 Å². The van der Waals surface area contributed by atoms with E-state index in [4.69, 9.17) is 9.84 Å². The number of ether oxygens (including phenoxy) is 1. The van der Waals surface area contributed by atoms with Crippen molar-refractivity contribution < 1.29 is 19.4 Å². The van der Waals surface area contributed by atoms with E-state index in [0.29, 0.717) is 12.8 Å². The van der Waals surface area contributed by atoms with Gasteiger partial charge in [0.15, 0.2) is 0 Å². The van der Waals surface area contributed by atoms with Crippen molar-refractivity contribution in [2.45, 2.75) is 206 Å². The molecule has 4 nitrogen and oxygen atoms in total. The van der Waals surface area contributed by atoms with Crippen LogP contribution in [0.3, 0.4) is 0 Å². The van der Waals surface area contributed by atoms with E-state index in [1.165, 1.54) is 122 Å². The van der Waals surface area contributed by atoms with Gasteiger partial charge in [0.1, 0.15) is 6.10 Å². The Morgan fingerprint density at radius 1 is 0.474 bits per heavy atom. The molecule has 4 heteroatoms. The van der Waals surface area contributed by atoms with Crippen LogP contribution in [-0.2, 0) is 14.3 Å². The van der Waals surface area contributed by atoms with Gasteiger partial charge in [-0.3, -0.25) is 9.59 Å². The molecule has 0 saturated carbocycles. The smallest absolute Gasteiger partial charge is 0.306 e. The van der Waals surface area contributed by atoms with Gasteiger partial charge in [0.25, 0.3) is 0 Å². The highest BCUT2D eigenvalue weighted by Gasteiger charge is 2.14. The maximum absolute atomic E-state index is 12.5. The number of hydrogen-bond donors (Lipinski definition) is 1. The van der Waals surface area contributed by atoms with Gasteiger partial charge in [0.05, 0.1) is 0 Å². The van der Waals surface area contributed by atoms with Crippen LogP contribution in [0.25, 0.3) is 0 Å². The Morgan fingerprint density at radius 3 is 1.16 bits per heavy atom. The van der Waals surface area contributed by atoms with Crippen LogP contribution in [0.5, 0.6) is 0 Å². The standard InChI is InChI=1S/C34H66O4/c1-3-5-7-9-11-12-13-14-19-23-27-31-34(37)38-32(28-24-20-16-10-8-6-4-2)29-25-21-17-15-18-22-26-30-33(35)36/h32H,3-31H2,1-2H3,(H,35,36). The van der Waals surface area contributed by atoms with Gasteiger partial charge in [-0.05, 0) is 38.5 Å². The number of carbonyl (C=O) groups is 2. The third kappa shape index (κ3) is 29.5. The topological polar surface area (TPSA) is 63.6 Å². The van der Waals surface area contributed by atoms with E-state index in [2.05, 4.69) is 13.8 Å². The zero-order chi connectivity index (χ0) is 27.9. The molecule has 0 radical (unpaired) electrons. The number of unbranched alkanes of at least 4 members (excludes halogenated alkanes) is 22. The van der Waals surface area contributed by atoms with Crippen LogP contribution in [0.15, 0.2) is 0 Å². The van der Waals surface area contributed by atoms with Crippen LogP contribution < -0.4 is 0 Å². The van der Waals surface area contributed by atoms with Crippen LogP contribution >= 0.6 is 0 Å². The fourth-order valence-corrected chi connectivity index (χ4v) is 5.30. The average molecular weight is 539 g/mol. The zero-order valence-corrected chi connectivity index (χ0v) is 25.8. The Labute approximate surface area is 237 Å². The Hall–Kier alpha value is -1.06. The molecule has 38 heavy (non-hydrogen) atoms. The number of rotatable bonds is 31. The largest absolute Gasteiger partial charge is 0.481 e. The monoisotopic (exact) mass is 538 g/mol. The minimum atomic E-state index is -0.685. The van der Waals surface area contributed by atoms with Gasteiger partial charge in [0.2, 0.25) is 0 Å². The summed E-state index contributed by atoms with van der Waals surface area (Å²) in [5, 5.41) is 8.72. The first-order chi connectivity index (χ1) is 18.6. The normalized spacial score (nSPS) is 12.1. The van der Waals surface area contributed by atoms with Gasteiger partial charge < -0.3 is 9.84 Å². The number of carboxylic acids is 1. The van der Waals surface area contributed by atoms with Gasteiger partial charge >= 0.3 is 11.9 Å². The molecule has 0 aromatic rings. The van der Waals surface area contributed by atoms with Crippen molar-refractivity contribution in [3.8, 4) is 0 Å². The lowest BCUT2D eigenvalue weighted by molar-refractivity contribution is -0.150. The summed E-state index contributed by atoms with van der Waals surface area (Å²) < 4.78 is 5.97. The van der Waals surface area contributed by atoms with Crippen molar-refractivity contribution in [3.05, 3.63) is 0 Å². The van der Waals surface area contributed by atoms with Gasteiger partial charge in [-0.2, -0.15) is 0 Å². The van der Waals surface area contributed by atoms with Crippen molar-refractivity contribution in [1.29, 1.82) is 0 Å². The maximum Gasteiger partial charge on any atom is 0.306 e. The number of carboxylic acid groups (broad SMARTS) is 1. The SMILES string of the molecule is CCCCCCCCCCCCCC(=O)OC(CCCCCCCCC)CCCCCCCCCC(=O)O. The van der Waals surface area contributed by atoms with Crippen LogP contribution in [0.2, 0.25) is 0 Å². The van der Waals surface area contributed by atoms with Crippen molar-refractivity contribution in [2.24, 2.45) is 0 Å². The molecule has 0 aliphatic heterocycles. The van der Waals surface area contributed by atoms with E-state index in [1.807, 2.05) is 0 Å². The quantitative estimate of drug-likeness (QED) is 0.0704. The molecule has 0 amide bonds. The fourth-order valence-electron chi connectivity index (χ4n) is 5.30. The third-order valence-electron chi connectivity index (χ3n) is 7.83. The molecule has 0 aromatic heterocycles. The molecular formula is C34H66O4. The highest BCUT2D eigenvalue weighted by molar-refractivity contribution is 5.69. The second-order valence-electron chi connectivity index (χ2n) is 11.7. The molecule has 0 saturated heterocycles. The van der Waals surface area contributed by atoms with E-state index in [9.17, 15) is 9.59 Å². The molecule has 1 atom stereocenters. The molecule has 1 unspecified atom stereocenters. The molecule has 0 aliphatic carbocycles. The molecular weight excluding hydrogens is 472 g/mol. The van der Waals surface area contributed by atoms with Crippen molar-refractivity contribution in [2.75, 3.05) is 0 Å². The van der Waals surface area contributed by atoms with Crippen LogP contribution in [0, 0.1) is 0 Å². The average Bonchev–Trinajstić information content (AvgIpc) is 2.89. The number of esters is 1. The van der Waals surface area contributed by atoms with E-state index in [0.717, 1.165) is 51.4 Å². The molecule has 0 fully saturated rings. The summed E-state index contributed by atoms with van der Waals surface area (Å²) in [7, 11) is 0. The zero-order valence-electron chi connectivity index (χ0n) is 25.8. The Morgan fingerprint density at radius 2 is 0.789 bits per heavy atom. The molecule has 0 heterocycles. The number of carbonyl (C=O) groups excluding carboxylic acids is 1. The lowest BCUT2D eigenvalue weighted by Crippen LogP contribution is -2.18. The van der Waals surface area contributed by atoms with Gasteiger partial charge in [-0.1, -0.05) is 149 Å². The van der Waals surface area contributed by atoms with Crippen molar-refractivity contribution in [3.63, 3.8) is 0 Å². The van der Waals surface area contributed by atoms with Crippen molar-refractivity contribution in [1.82, 2.24) is 0 Å². The molecule has 0 spiro atoms. The van der Waals surface area contributed by atoms with Crippen LogP contribution in [0.1, 0.15) is 200 Å².